The smallest absolute Gasteiger partial charge is 0.316 e. The van der Waals surface area contributed by atoms with Crippen LogP contribution in [0.2, 0.25) is 0 Å². The fourth-order valence-corrected chi connectivity index (χ4v) is 6.12. The van der Waals surface area contributed by atoms with Gasteiger partial charge in [-0.2, -0.15) is 0 Å². The van der Waals surface area contributed by atoms with Gasteiger partial charge in [0.25, 0.3) is 5.56 Å². The van der Waals surface area contributed by atoms with E-state index >= 15 is 0 Å². The number of esters is 1. The number of carbonyl (C=O) groups is 1. The Morgan fingerprint density at radius 3 is 2.73 bits per heavy atom. The summed E-state index contributed by atoms with van der Waals surface area (Å²) in [5.41, 5.74) is 2.97. The second kappa shape index (κ2) is 7.55. The van der Waals surface area contributed by atoms with Crippen LogP contribution in [0.1, 0.15) is 28.8 Å². The fraction of sp³-hybridized carbons (Fsp3) is 0.333. The van der Waals surface area contributed by atoms with E-state index in [1.54, 1.807) is 15.9 Å². The van der Waals surface area contributed by atoms with Gasteiger partial charge in [0, 0.05) is 4.88 Å². The summed E-state index contributed by atoms with van der Waals surface area (Å²) in [5, 5.41) is 10.0. The molecule has 0 saturated heterocycles. The third-order valence-corrected chi connectivity index (χ3v) is 7.61. The predicted molar refractivity (Wildman–Crippen MR) is 118 cm³/mol. The van der Waals surface area contributed by atoms with E-state index in [9.17, 15) is 9.59 Å². The Morgan fingerprint density at radius 2 is 1.97 bits per heavy atom. The molecule has 1 aromatic carbocycles. The van der Waals surface area contributed by atoms with E-state index in [-0.39, 0.29) is 17.3 Å². The van der Waals surface area contributed by atoms with Crippen molar-refractivity contribution in [1.29, 1.82) is 0 Å². The molecule has 7 nitrogen and oxygen atoms in total. The lowest BCUT2D eigenvalue weighted by Crippen LogP contribution is -2.22. The molecule has 0 aliphatic heterocycles. The van der Waals surface area contributed by atoms with E-state index in [0.29, 0.717) is 10.9 Å². The van der Waals surface area contributed by atoms with Crippen molar-refractivity contribution in [2.75, 3.05) is 12.9 Å². The highest BCUT2D eigenvalue weighted by molar-refractivity contribution is 7.99. The molecule has 0 bridgehead atoms. The summed E-state index contributed by atoms with van der Waals surface area (Å²) in [6, 6.07) is 7.82. The third-order valence-electron chi connectivity index (χ3n) is 5.43. The highest BCUT2D eigenvalue weighted by Crippen LogP contribution is 2.36. The minimum Gasteiger partial charge on any atom is -0.468 e. The standard InChI is InChI=1S/C21H20N4O3S2/c1-12-7-9-13(10-8-12)24-18(27)17-14-5-3-4-6-15(14)30-19(17)25-20(24)22-23-21(25)29-11-16(26)28-2/h7-10H,3-6,11H2,1-2H3. The molecule has 30 heavy (non-hydrogen) atoms. The maximum Gasteiger partial charge on any atom is 0.316 e. The van der Waals surface area contributed by atoms with E-state index in [2.05, 4.69) is 10.2 Å². The van der Waals surface area contributed by atoms with Crippen molar-refractivity contribution in [2.24, 2.45) is 0 Å². The van der Waals surface area contributed by atoms with Gasteiger partial charge in [-0.15, -0.1) is 21.5 Å². The average molecular weight is 441 g/mol. The molecule has 3 heterocycles. The maximum atomic E-state index is 13.7. The van der Waals surface area contributed by atoms with Crippen LogP contribution in [0.25, 0.3) is 21.7 Å². The first-order valence-corrected chi connectivity index (χ1v) is 11.6. The highest BCUT2D eigenvalue weighted by atomic mass is 32.2. The lowest BCUT2D eigenvalue weighted by Gasteiger charge is -2.12. The first-order chi connectivity index (χ1) is 14.6. The Morgan fingerprint density at radius 1 is 1.20 bits per heavy atom. The van der Waals surface area contributed by atoms with Crippen LogP contribution in [0.5, 0.6) is 0 Å². The van der Waals surface area contributed by atoms with E-state index in [1.165, 1.54) is 23.7 Å². The van der Waals surface area contributed by atoms with Crippen LogP contribution in [0.4, 0.5) is 0 Å². The molecule has 1 aliphatic carbocycles. The summed E-state index contributed by atoms with van der Waals surface area (Å²) in [6.07, 6.45) is 4.14. The number of thiophene rings is 1. The topological polar surface area (TPSA) is 78.5 Å². The van der Waals surface area contributed by atoms with E-state index in [4.69, 9.17) is 4.74 Å². The molecule has 3 aromatic heterocycles. The van der Waals surface area contributed by atoms with Crippen molar-refractivity contribution in [3.05, 3.63) is 50.6 Å². The molecule has 0 amide bonds. The zero-order chi connectivity index (χ0) is 20.8. The van der Waals surface area contributed by atoms with Crippen LogP contribution < -0.4 is 5.56 Å². The van der Waals surface area contributed by atoms with Gasteiger partial charge in [0.1, 0.15) is 4.83 Å². The highest BCUT2D eigenvalue weighted by Gasteiger charge is 2.25. The Balaban J connectivity index is 1.83. The molecule has 4 aromatic rings. The number of nitrogens with zero attached hydrogens (tertiary/aromatic N) is 4. The monoisotopic (exact) mass is 440 g/mol. The van der Waals surface area contributed by atoms with E-state index in [0.717, 1.165) is 52.7 Å². The molecule has 154 valence electrons. The molecular formula is C21H20N4O3S2. The van der Waals surface area contributed by atoms with Gasteiger partial charge in [0.15, 0.2) is 5.16 Å². The molecule has 0 N–H and O–H groups in total. The van der Waals surface area contributed by atoms with Crippen molar-refractivity contribution < 1.29 is 9.53 Å². The molecular weight excluding hydrogens is 420 g/mol. The van der Waals surface area contributed by atoms with Crippen molar-refractivity contribution in [1.82, 2.24) is 19.2 Å². The molecule has 0 radical (unpaired) electrons. The summed E-state index contributed by atoms with van der Waals surface area (Å²) in [7, 11) is 1.37. The van der Waals surface area contributed by atoms with Gasteiger partial charge in [-0.05, 0) is 50.3 Å². The number of hydrogen-bond acceptors (Lipinski definition) is 7. The second-order valence-electron chi connectivity index (χ2n) is 7.35. The van der Waals surface area contributed by atoms with Crippen molar-refractivity contribution in [2.45, 2.75) is 37.8 Å². The Hall–Kier alpha value is -2.65. The van der Waals surface area contributed by atoms with Crippen molar-refractivity contribution >= 4 is 45.1 Å². The number of fused-ring (bicyclic) bond motifs is 5. The zero-order valence-electron chi connectivity index (χ0n) is 16.7. The Bertz CT molecular complexity index is 1330. The zero-order valence-corrected chi connectivity index (χ0v) is 18.3. The molecule has 0 unspecified atom stereocenters. The van der Waals surface area contributed by atoms with Gasteiger partial charge in [-0.1, -0.05) is 29.5 Å². The van der Waals surface area contributed by atoms with Gasteiger partial charge >= 0.3 is 5.97 Å². The summed E-state index contributed by atoms with van der Waals surface area (Å²) in [5.74, 6) is 0.265. The van der Waals surface area contributed by atoms with Gasteiger partial charge in [0.2, 0.25) is 5.78 Å². The molecule has 0 spiro atoms. The van der Waals surface area contributed by atoms with E-state index < -0.39 is 0 Å². The lowest BCUT2D eigenvalue weighted by molar-refractivity contribution is -0.137. The summed E-state index contributed by atoms with van der Waals surface area (Å²) in [4.78, 5) is 27.5. The van der Waals surface area contributed by atoms with Crippen LogP contribution in [-0.4, -0.2) is 38.0 Å². The number of aryl methyl sites for hydroxylation is 3. The normalized spacial score (nSPS) is 13.7. The number of ether oxygens (including phenoxy) is 1. The fourth-order valence-electron chi connectivity index (χ4n) is 3.92. The molecule has 9 heteroatoms. The maximum absolute atomic E-state index is 13.7. The SMILES string of the molecule is COC(=O)CSc1nnc2n(-c3ccc(C)cc3)c(=O)c3c4c(sc3n12)CCCC4. The van der Waals surface area contributed by atoms with Crippen LogP contribution in [-0.2, 0) is 22.4 Å². The number of thioether (sulfide) groups is 1. The third kappa shape index (κ3) is 3.04. The number of aromatic nitrogens is 4. The molecule has 0 fully saturated rings. The first kappa shape index (κ1) is 19.3. The summed E-state index contributed by atoms with van der Waals surface area (Å²) >= 11 is 2.92. The van der Waals surface area contributed by atoms with Crippen molar-refractivity contribution in [3.63, 3.8) is 0 Å². The van der Waals surface area contributed by atoms with Crippen molar-refractivity contribution in [3.8, 4) is 5.69 Å². The van der Waals surface area contributed by atoms with Gasteiger partial charge in [0.05, 0.1) is 23.9 Å². The molecule has 1 aliphatic rings. The second-order valence-corrected chi connectivity index (χ2v) is 9.38. The average Bonchev–Trinajstić information content (AvgIpc) is 3.35. The predicted octanol–water partition coefficient (Wildman–Crippen LogP) is 3.55. The van der Waals surface area contributed by atoms with Crippen LogP contribution in [0.15, 0.2) is 34.2 Å². The van der Waals surface area contributed by atoms with Crippen LogP contribution in [0, 0.1) is 6.92 Å². The van der Waals surface area contributed by atoms with Crippen LogP contribution >= 0.6 is 23.1 Å². The van der Waals surface area contributed by atoms with Gasteiger partial charge < -0.3 is 4.74 Å². The molecule has 0 atom stereocenters. The number of rotatable bonds is 4. The lowest BCUT2D eigenvalue weighted by atomic mass is 9.97. The Labute approximate surface area is 180 Å². The van der Waals surface area contributed by atoms with Crippen LogP contribution in [0.3, 0.4) is 0 Å². The van der Waals surface area contributed by atoms with E-state index in [1.807, 2.05) is 35.6 Å². The minimum absolute atomic E-state index is 0.0577. The Kier molecular flexibility index (Phi) is 4.86. The molecule has 0 saturated carbocycles. The number of hydrogen-bond donors (Lipinski definition) is 0. The number of methoxy groups -OCH3 is 1. The van der Waals surface area contributed by atoms with Gasteiger partial charge in [-0.25, -0.2) is 8.97 Å². The summed E-state index contributed by atoms with van der Waals surface area (Å²) < 4.78 is 8.33. The summed E-state index contributed by atoms with van der Waals surface area (Å²) in [6.45, 7) is 2.01. The first-order valence-electron chi connectivity index (χ1n) is 9.79. The largest absolute Gasteiger partial charge is 0.468 e. The quantitative estimate of drug-likeness (QED) is 0.357. The number of benzene rings is 1. The van der Waals surface area contributed by atoms with Gasteiger partial charge in [-0.3, -0.25) is 9.59 Å². The minimum atomic E-state index is -0.328. The number of carbonyl (C=O) groups excluding carboxylic acids is 1. The molecule has 5 rings (SSSR count).